The van der Waals surface area contributed by atoms with Crippen LogP contribution in [-0.2, 0) is 9.53 Å². The predicted molar refractivity (Wildman–Crippen MR) is 125 cm³/mol. The molecule has 0 saturated heterocycles. The fourth-order valence-electron chi connectivity index (χ4n) is 4.88. The van der Waals surface area contributed by atoms with Crippen LogP contribution in [0, 0.1) is 11.8 Å². The lowest BCUT2D eigenvalue weighted by Crippen LogP contribution is -2.45. The molecule has 2 aromatic carbocycles. The zero-order valence-corrected chi connectivity index (χ0v) is 18.6. The lowest BCUT2D eigenvalue weighted by Gasteiger charge is -2.44. The van der Waals surface area contributed by atoms with Gasteiger partial charge in [-0.05, 0) is 60.9 Å². The number of carbonyl (C=O) groups excluding carboxylic acids is 2. The molecule has 2 fully saturated rings. The summed E-state index contributed by atoms with van der Waals surface area (Å²) in [6, 6.07) is 16.3. The first kappa shape index (κ1) is 22.3. The minimum atomic E-state index is -0.482. The van der Waals surface area contributed by atoms with Gasteiger partial charge in [0.1, 0.15) is 11.9 Å². The van der Waals surface area contributed by atoms with Crippen molar-refractivity contribution in [3.8, 4) is 5.75 Å². The van der Waals surface area contributed by atoms with Crippen molar-refractivity contribution in [2.24, 2.45) is 11.8 Å². The number of esters is 2. The van der Waals surface area contributed by atoms with Crippen molar-refractivity contribution in [3.63, 3.8) is 0 Å². The summed E-state index contributed by atoms with van der Waals surface area (Å²) in [5.41, 5.74) is 1.35. The van der Waals surface area contributed by atoms with Crippen LogP contribution >= 0.6 is 0 Å². The molecule has 0 radical (unpaired) electrons. The minimum absolute atomic E-state index is 0.0283. The molecule has 2 unspecified atom stereocenters. The molecule has 0 aliphatic heterocycles. The normalized spacial score (nSPS) is 23.6. The number of carbonyl (C=O) groups is 2. The summed E-state index contributed by atoms with van der Waals surface area (Å²) in [6.45, 7) is 0. The Bertz CT molecular complexity index is 913. The zero-order valence-electron chi connectivity index (χ0n) is 18.6. The number of hydrogen-bond donors (Lipinski definition) is 0. The third-order valence-electron chi connectivity index (χ3n) is 6.68. The summed E-state index contributed by atoms with van der Waals surface area (Å²) >= 11 is 0. The fraction of sp³-hybridized carbons (Fsp3) is 0.429. The first-order valence-corrected chi connectivity index (χ1v) is 11.9. The van der Waals surface area contributed by atoms with Crippen LogP contribution in [0.4, 0.5) is 0 Å². The van der Waals surface area contributed by atoms with E-state index in [-0.39, 0.29) is 12.1 Å². The average molecular weight is 433 g/mol. The number of benzene rings is 2. The van der Waals surface area contributed by atoms with E-state index in [1.165, 1.54) is 51.0 Å². The lowest BCUT2D eigenvalue weighted by atomic mass is 9.68. The molecule has 0 aromatic heterocycles. The van der Waals surface area contributed by atoms with E-state index in [0.717, 1.165) is 18.4 Å². The largest absolute Gasteiger partial charge is 0.458 e. The van der Waals surface area contributed by atoms with Crippen LogP contribution in [0.1, 0.15) is 73.7 Å². The molecule has 4 nitrogen and oxygen atoms in total. The molecule has 0 spiro atoms. The van der Waals surface area contributed by atoms with E-state index in [2.05, 4.69) is 0 Å². The summed E-state index contributed by atoms with van der Waals surface area (Å²) in [5, 5.41) is 0. The Hall–Kier alpha value is -2.88. The van der Waals surface area contributed by atoms with Crippen LogP contribution in [0.25, 0.3) is 6.08 Å². The van der Waals surface area contributed by atoms with Crippen molar-refractivity contribution >= 4 is 18.0 Å². The van der Waals surface area contributed by atoms with Gasteiger partial charge in [-0.2, -0.15) is 0 Å². The quantitative estimate of drug-likeness (QED) is 0.303. The van der Waals surface area contributed by atoms with Gasteiger partial charge < -0.3 is 9.47 Å². The summed E-state index contributed by atoms with van der Waals surface area (Å²) in [5.74, 6) is 0.522. The van der Waals surface area contributed by atoms with Crippen LogP contribution in [-0.4, -0.2) is 18.0 Å². The van der Waals surface area contributed by atoms with Gasteiger partial charge in [0.05, 0.1) is 5.56 Å². The van der Waals surface area contributed by atoms with E-state index in [9.17, 15) is 9.59 Å². The molecule has 2 aromatic rings. The van der Waals surface area contributed by atoms with Crippen LogP contribution < -0.4 is 4.74 Å². The van der Waals surface area contributed by atoms with Gasteiger partial charge >= 0.3 is 11.9 Å². The molecule has 32 heavy (non-hydrogen) atoms. The molecule has 2 bridgehead atoms. The van der Waals surface area contributed by atoms with E-state index in [4.69, 9.17) is 9.47 Å². The second-order valence-electron chi connectivity index (χ2n) is 9.02. The highest BCUT2D eigenvalue weighted by atomic mass is 16.5. The molecule has 0 heterocycles. The van der Waals surface area contributed by atoms with Gasteiger partial charge in [-0.1, -0.05) is 74.9 Å². The maximum atomic E-state index is 12.9. The van der Waals surface area contributed by atoms with Gasteiger partial charge in [-0.25, -0.2) is 9.59 Å². The maximum absolute atomic E-state index is 12.9. The third kappa shape index (κ3) is 6.09. The molecule has 168 valence electrons. The minimum Gasteiger partial charge on any atom is -0.458 e. The Labute approximate surface area is 190 Å². The van der Waals surface area contributed by atoms with Gasteiger partial charge in [0.2, 0.25) is 0 Å². The molecule has 4 rings (SSSR count). The van der Waals surface area contributed by atoms with Gasteiger partial charge in [0, 0.05) is 6.08 Å². The van der Waals surface area contributed by atoms with Gasteiger partial charge in [-0.15, -0.1) is 0 Å². The molecule has 4 heteroatoms. The number of rotatable bonds is 5. The van der Waals surface area contributed by atoms with Crippen molar-refractivity contribution < 1.29 is 19.1 Å². The van der Waals surface area contributed by atoms with Gasteiger partial charge in [0.15, 0.2) is 0 Å². The second kappa shape index (κ2) is 11.1. The van der Waals surface area contributed by atoms with Gasteiger partial charge in [0.25, 0.3) is 0 Å². The highest BCUT2D eigenvalue weighted by Gasteiger charge is 2.43. The van der Waals surface area contributed by atoms with E-state index in [1.807, 2.05) is 30.3 Å². The monoisotopic (exact) mass is 432 g/mol. The van der Waals surface area contributed by atoms with Crippen molar-refractivity contribution in [2.45, 2.75) is 63.9 Å². The summed E-state index contributed by atoms with van der Waals surface area (Å²) in [7, 11) is 0. The third-order valence-corrected chi connectivity index (χ3v) is 6.68. The van der Waals surface area contributed by atoms with Crippen molar-refractivity contribution in [2.75, 3.05) is 0 Å². The Morgan fingerprint density at radius 3 is 2.22 bits per heavy atom. The smallest absolute Gasteiger partial charge is 0.338 e. The van der Waals surface area contributed by atoms with Gasteiger partial charge in [-0.3, -0.25) is 0 Å². The number of hydrogen-bond acceptors (Lipinski definition) is 4. The van der Waals surface area contributed by atoms with Crippen LogP contribution in [0.15, 0.2) is 60.7 Å². The van der Waals surface area contributed by atoms with Crippen LogP contribution in [0.5, 0.6) is 5.75 Å². The van der Waals surface area contributed by atoms with E-state index in [1.54, 1.807) is 30.3 Å². The van der Waals surface area contributed by atoms with Crippen molar-refractivity contribution in [3.05, 3.63) is 71.8 Å². The molecule has 0 N–H and O–H groups in total. The maximum Gasteiger partial charge on any atom is 0.338 e. The summed E-state index contributed by atoms with van der Waals surface area (Å²) in [4.78, 5) is 25.0. The first-order valence-electron chi connectivity index (χ1n) is 11.9. The van der Waals surface area contributed by atoms with Crippen LogP contribution in [0.3, 0.4) is 0 Å². The number of ether oxygens (including phenoxy) is 2. The molecular formula is C28H32O4. The Balaban J connectivity index is 1.35. The highest BCUT2D eigenvalue weighted by molar-refractivity contribution is 5.91. The molecular weight excluding hydrogens is 400 g/mol. The zero-order chi connectivity index (χ0) is 22.2. The average Bonchev–Trinajstić information content (AvgIpc) is 2.89. The lowest BCUT2D eigenvalue weighted by molar-refractivity contribution is -0.128. The predicted octanol–water partition coefficient (Wildman–Crippen LogP) is 6.60. The topological polar surface area (TPSA) is 52.6 Å². The molecule has 2 aliphatic carbocycles. The summed E-state index contributed by atoms with van der Waals surface area (Å²) < 4.78 is 11.4. The second-order valence-corrected chi connectivity index (χ2v) is 9.02. The molecule has 2 aliphatic rings. The van der Waals surface area contributed by atoms with E-state index >= 15 is 0 Å². The Morgan fingerprint density at radius 1 is 0.812 bits per heavy atom. The Kier molecular flexibility index (Phi) is 7.76. The summed E-state index contributed by atoms with van der Waals surface area (Å²) in [6.07, 6.45) is 14.3. The van der Waals surface area contributed by atoms with E-state index in [0.29, 0.717) is 23.1 Å². The molecule has 2 saturated carbocycles. The standard InChI is InChI=1S/C28H32O4/c29-26(18-17-21-11-6-5-7-12-21)31-25-16-10-15-24(20-25)28(30)32-27-22-13-8-3-1-2-4-9-14-23(27)19-22/h5-7,10-12,15-18,20,22-23,27H,1-4,8-9,13-14,19H2/b18-17+/t22-,23?,27?/m1/s1. The first-order chi connectivity index (χ1) is 15.7. The Morgan fingerprint density at radius 2 is 1.50 bits per heavy atom. The van der Waals surface area contributed by atoms with Crippen LogP contribution in [0.2, 0.25) is 0 Å². The molecule has 0 amide bonds. The van der Waals surface area contributed by atoms with Crippen molar-refractivity contribution in [1.29, 1.82) is 0 Å². The number of fused-ring (bicyclic) bond motifs is 2. The fourth-order valence-corrected chi connectivity index (χ4v) is 4.88. The highest BCUT2D eigenvalue weighted by Crippen LogP contribution is 2.43. The van der Waals surface area contributed by atoms with E-state index < -0.39 is 5.97 Å². The molecule has 3 atom stereocenters. The van der Waals surface area contributed by atoms with Crippen molar-refractivity contribution in [1.82, 2.24) is 0 Å². The SMILES string of the molecule is O=C(/C=C/c1ccccc1)Oc1cccc(C(=O)OC2C3CCCCCCCC[C@@H]2C3)c1.